The van der Waals surface area contributed by atoms with Crippen molar-refractivity contribution in [2.75, 3.05) is 20.6 Å². The normalized spacial score (nSPS) is 23.6. The molecule has 0 saturated heterocycles. The number of fused-ring (bicyclic) bond motifs is 7. The molecule has 2 atom stereocenters. The van der Waals surface area contributed by atoms with Crippen LogP contribution in [0.5, 0.6) is 23.0 Å². The quantitative estimate of drug-likeness (QED) is 0.732. The van der Waals surface area contributed by atoms with Crippen LogP contribution < -0.4 is 18.9 Å². The Hall–Kier alpha value is -3.15. The van der Waals surface area contributed by atoms with Crippen LogP contribution in [0, 0.1) is 0 Å². The highest BCUT2D eigenvalue weighted by Gasteiger charge is 2.42. The Labute approximate surface area is 149 Å². The number of benzene rings is 2. The molecule has 2 unspecified atom stereocenters. The molecule has 0 bridgehead atoms. The third-order valence-corrected chi connectivity index (χ3v) is 5.59. The summed E-state index contributed by atoms with van der Waals surface area (Å²) >= 11 is 0. The highest BCUT2D eigenvalue weighted by Crippen LogP contribution is 2.51. The lowest BCUT2D eigenvalue weighted by molar-refractivity contribution is 0.0687. The van der Waals surface area contributed by atoms with Gasteiger partial charge < -0.3 is 23.8 Å². The molecule has 0 saturated carbocycles. The lowest BCUT2D eigenvalue weighted by Crippen LogP contribution is -2.40. The maximum absolute atomic E-state index is 13.1. The molecule has 0 fully saturated rings. The van der Waals surface area contributed by atoms with Gasteiger partial charge in [-0.1, -0.05) is 12.2 Å². The van der Waals surface area contributed by atoms with E-state index < -0.39 is 0 Å². The van der Waals surface area contributed by atoms with Gasteiger partial charge in [-0.05, 0) is 41.0 Å². The summed E-state index contributed by atoms with van der Waals surface area (Å²) in [6.45, 7) is 0.426. The minimum atomic E-state index is -0.0927. The molecule has 0 spiro atoms. The fourth-order valence-electron chi connectivity index (χ4n) is 4.34. The van der Waals surface area contributed by atoms with Gasteiger partial charge in [-0.15, -0.1) is 0 Å². The Balaban J connectivity index is 1.55. The molecule has 0 N–H and O–H groups in total. The number of likely N-dealkylation sites (N-methyl/N-ethyl adjacent to an activating group) is 1. The lowest BCUT2D eigenvalue weighted by atomic mass is 9.75. The molecule has 3 aliphatic heterocycles. The van der Waals surface area contributed by atoms with E-state index in [4.69, 9.17) is 18.9 Å². The second kappa shape index (κ2) is 4.72. The van der Waals surface area contributed by atoms with Crippen LogP contribution in [0.3, 0.4) is 0 Å². The smallest absolute Gasteiger partial charge is 0.254 e. The molecular weight excluding hydrogens is 334 g/mol. The molecule has 2 aromatic carbocycles. The molecular formula is C20H15NO5. The first kappa shape index (κ1) is 14.1. The summed E-state index contributed by atoms with van der Waals surface area (Å²) in [4.78, 5) is 14.9. The Kier molecular flexibility index (Phi) is 2.55. The summed E-state index contributed by atoms with van der Waals surface area (Å²) < 4.78 is 22.0. The lowest BCUT2D eigenvalue weighted by Gasteiger charge is -2.41. The standard InChI is InChI=1S/C20H15NO5/c1-21-19-11(3-2-10-4-15-16(5-12(10)19)24-8-23-15)13-6-17-18(26-9-25-17)7-14(13)20(21)22/h2-7,11,19H,8-9H2,1H3. The third-order valence-electron chi connectivity index (χ3n) is 5.59. The summed E-state index contributed by atoms with van der Waals surface area (Å²) in [6, 6.07) is 7.64. The summed E-state index contributed by atoms with van der Waals surface area (Å²) in [6.07, 6.45) is 4.25. The molecule has 0 radical (unpaired) electrons. The topological polar surface area (TPSA) is 57.2 Å². The minimum Gasteiger partial charge on any atom is -0.454 e. The maximum atomic E-state index is 13.1. The van der Waals surface area contributed by atoms with Crippen LogP contribution in [0.15, 0.2) is 30.3 Å². The first-order valence-corrected chi connectivity index (χ1v) is 8.53. The average molecular weight is 349 g/mol. The van der Waals surface area contributed by atoms with E-state index in [-0.39, 0.29) is 31.5 Å². The molecule has 1 aliphatic carbocycles. The minimum absolute atomic E-state index is 0.0153. The summed E-state index contributed by atoms with van der Waals surface area (Å²) in [5, 5.41) is 0. The Morgan fingerprint density at radius 1 is 0.885 bits per heavy atom. The molecule has 1 amide bonds. The van der Waals surface area contributed by atoms with E-state index in [1.54, 1.807) is 11.0 Å². The highest BCUT2D eigenvalue weighted by atomic mass is 16.7. The molecule has 0 aromatic heterocycles. The van der Waals surface area contributed by atoms with Gasteiger partial charge in [0.05, 0.1) is 6.04 Å². The van der Waals surface area contributed by atoms with E-state index in [9.17, 15) is 4.79 Å². The highest BCUT2D eigenvalue weighted by molar-refractivity contribution is 5.99. The number of hydrogen-bond acceptors (Lipinski definition) is 5. The monoisotopic (exact) mass is 349 g/mol. The van der Waals surface area contributed by atoms with Crippen molar-refractivity contribution in [3.05, 3.63) is 52.6 Å². The van der Waals surface area contributed by atoms with Gasteiger partial charge in [0.15, 0.2) is 23.0 Å². The second-order valence-corrected chi connectivity index (χ2v) is 6.87. The van der Waals surface area contributed by atoms with Gasteiger partial charge >= 0.3 is 0 Å². The molecule has 26 heavy (non-hydrogen) atoms. The molecule has 6 heteroatoms. The number of carbonyl (C=O) groups is 1. The number of hydrogen-bond donors (Lipinski definition) is 0. The van der Waals surface area contributed by atoms with E-state index in [1.807, 2.05) is 25.2 Å². The second-order valence-electron chi connectivity index (χ2n) is 6.87. The Morgan fingerprint density at radius 2 is 1.50 bits per heavy atom. The maximum Gasteiger partial charge on any atom is 0.254 e. The summed E-state index contributed by atoms with van der Waals surface area (Å²) in [5.41, 5.74) is 3.77. The number of ether oxygens (including phenoxy) is 4. The predicted molar refractivity (Wildman–Crippen MR) is 91.7 cm³/mol. The fourth-order valence-corrected chi connectivity index (χ4v) is 4.34. The van der Waals surface area contributed by atoms with E-state index >= 15 is 0 Å². The molecule has 3 heterocycles. The molecule has 130 valence electrons. The van der Waals surface area contributed by atoms with Crippen molar-refractivity contribution in [3.63, 3.8) is 0 Å². The van der Waals surface area contributed by atoms with Gasteiger partial charge in [0, 0.05) is 18.5 Å². The molecule has 2 aromatic rings. The Morgan fingerprint density at radius 3 is 2.23 bits per heavy atom. The molecule has 6 rings (SSSR count). The summed E-state index contributed by atoms with van der Waals surface area (Å²) in [7, 11) is 1.85. The largest absolute Gasteiger partial charge is 0.454 e. The van der Waals surface area contributed by atoms with Crippen molar-refractivity contribution in [1.82, 2.24) is 4.90 Å². The summed E-state index contributed by atoms with van der Waals surface area (Å²) in [5.74, 6) is 2.85. The number of amides is 1. The van der Waals surface area contributed by atoms with Crippen LogP contribution in [0.4, 0.5) is 0 Å². The third kappa shape index (κ3) is 1.68. The first-order valence-electron chi connectivity index (χ1n) is 8.53. The molecule has 4 aliphatic rings. The zero-order chi connectivity index (χ0) is 17.4. The fraction of sp³-hybridized carbons (Fsp3) is 0.250. The van der Waals surface area contributed by atoms with Crippen molar-refractivity contribution in [3.8, 4) is 23.0 Å². The van der Waals surface area contributed by atoms with E-state index in [2.05, 4.69) is 12.2 Å². The predicted octanol–water partition coefficient (Wildman–Crippen LogP) is 3.08. The van der Waals surface area contributed by atoms with Crippen LogP contribution in [0.25, 0.3) is 6.08 Å². The zero-order valence-corrected chi connectivity index (χ0v) is 14.0. The van der Waals surface area contributed by atoms with Crippen LogP contribution in [-0.2, 0) is 0 Å². The SMILES string of the molecule is CN1C(=O)c2cc3c(cc2C2C=Cc4cc5c(cc4C21)OCO5)OCO3. The van der Waals surface area contributed by atoms with Crippen molar-refractivity contribution >= 4 is 12.0 Å². The van der Waals surface area contributed by atoms with Crippen molar-refractivity contribution in [2.24, 2.45) is 0 Å². The van der Waals surface area contributed by atoms with Gasteiger partial charge in [-0.3, -0.25) is 4.79 Å². The van der Waals surface area contributed by atoms with E-state index in [1.165, 1.54) is 0 Å². The number of nitrogens with zero attached hydrogens (tertiary/aromatic N) is 1. The Bertz CT molecular complexity index is 1010. The van der Waals surface area contributed by atoms with Crippen molar-refractivity contribution in [1.29, 1.82) is 0 Å². The van der Waals surface area contributed by atoms with Crippen molar-refractivity contribution in [2.45, 2.75) is 12.0 Å². The van der Waals surface area contributed by atoms with Crippen LogP contribution in [-0.4, -0.2) is 31.4 Å². The van der Waals surface area contributed by atoms with E-state index in [0.29, 0.717) is 17.1 Å². The van der Waals surface area contributed by atoms with Gasteiger partial charge in [-0.2, -0.15) is 0 Å². The van der Waals surface area contributed by atoms with Crippen molar-refractivity contribution < 1.29 is 23.7 Å². The van der Waals surface area contributed by atoms with Gasteiger partial charge in [0.25, 0.3) is 5.91 Å². The first-order chi connectivity index (χ1) is 12.7. The number of rotatable bonds is 0. The van der Waals surface area contributed by atoms with Gasteiger partial charge in [0.1, 0.15) is 0 Å². The van der Waals surface area contributed by atoms with Gasteiger partial charge in [0.2, 0.25) is 13.6 Å². The van der Waals surface area contributed by atoms with E-state index in [0.717, 1.165) is 28.2 Å². The zero-order valence-electron chi connectivity index (χ0n) is 14.0. The average Bonchev–Trinajstić information content (AvgIpc) is 3.30. The van der Waals surface area contributed by atoms with Crippen LogP contribution in [0.1, 0.15) is 39.0 Å². The van der Waals surface area contributed by atoms with Crippen LogP contribution >= 0.6 is 0 Å². The number of carbonyl (C=O) groups excluding carboxylic acids is 1. The molecule has 6 nitrogen and oxygen atoms in total. The van der Waals surface area contributed by atoms with Crippen LogP contribution in [0.2, 0.25) is 0 Å². The van der Waals surface area contributed by atoms with Gasteiger partial charge in [-0.25, -0.2) is 0 Å².